The number of phenols is 1. The van der Waals surface area contributed by atoms with Crippen molar-refractivity contribution in [3.05, 3.63) is 40.5 Å². The summed E-state index contributed by atoms with van der Waals surface area (Å²) in [7, 11) is 0. The van der Waals surface area contributed by atoms with Crippen molar-refractivity contribution >= 4 is 17.9 Å². The second-order valence-corrected chi connectivity index (χ2v) is 4.12. The molecule has 1 N–H and O–H groups in total. The molecular formula is C14H12O4. The fourth-order valence-electron chi connectivity index (χ4n) is 2.18. The number of aldehydes is 1. The average Bonchev–Trinajstić information content (AvgIpc) is 2.70. The maximum atomic E-state index is 11.8. The van der Waals surface area contributed by atoms with E-state index in [1.807, 2.05) is 0 Å². The Labute approximate surface area is 104 Å². The molecule has 0 saturated heterocycles. The van der Waals surface area contributed by atoms with E-state index in [0.717, 1.165) is 0 Å². The van der Waals surface area contributed by atoms with Gasteiger partial charge in [0.05, 0.1) is 11.1 Å². The Morgan fingerprint density at radius 1 is 1.39 bits per heavy atom. The third-order valence-corrected chi connectivity index (χ3v) is 3.05. The van der Waals surface area contributed by atoms with Crippen molar-refractivity contribution in [1.82, 2.24) is 0 Å². The summed E-state index contributed by atoms with van der Waals surface area (Å²) in [6.45, 7) is 1.67. The van der Waals surface area contributed by atoms with Gasteiger partial charge in [0, 0.05) is 12.0 Å². The van der Waals surface area contributed by atoms with Gasteiger partial charge in [-0.2, -0.15) is 0 Å². The lowest BCUT2D eigenvalue weighted by Gasteiger charge is -2.08. The third kappa shape index (κ3) is 1.76. The summed E-state index contributed by atoms with van der Waals surface area (Å²) in [6.07, 6.45) is 4.08. The number of carbonyl (C=O) groups is 3. The highest BCUT2D eigenvalue weighted by atomic mass is 16.3. The van der Waals surface area contributed by atoms with Gasteiger partial charge in [-0.3, -0.25) is 14.4 Å². The molecule has 0 aromatic heterocycles. The first kappa shape index (κ1) is 12.2. The number of phenolic OH excluding ortho intramolecular Hbond substituents is 1. The highest BCUT2D eigenvalue weighted by Crippen LogP contribution is 2.33. The fraction of sp³-hybridized carbons (Fsp3) is 0.214. The van der Waals surface area contributed by atoms with Crippen LogP contribution in [0.2, 0.25) is 0 Å². The molecule has 0 atom stereocenters. The largest absolute Gasteiger partial charge is 0.506 e. The minimum Gasteiger partial charge on any atom is -0.506 e. The average molecular weight is 244 g/mol. The number of ketones is 2. The molecule has 4 heteroatoms. The van der Waals surface area contributed by atoms with Crippen molar-refractivity contribution < 1.29 is 19.5 Å². The van der Waals surface area contributed by atoms with Crippen LogP contribution in [0.3, 0.4) is 0 Å². The molecule has 0 amide bonds. The van der Waals surface area contributed by atoms with E-state index in [4.69, 9.17) is 0 Å². The molecule has 1 aromatic carbocycles. The summed E-state index contributed by atoms with van der Waals surface area (Å²) in [6, 6.07) is 1.38. The zero-order valence-corrected chi connectivity index (χ0v) is 9.90. The monoisotopic (exact) mass is 244 g/mol. The fourth-order valence-corrected chi connectivity index (χ4v) is 2.18. The van der Waals surface area contributed by atoms with Gasteiger partial charge in [-0.25, -0.2) is 0 Å². The molecule has 0 fully saturated rings. The summed E-state index contributed by atoms with van der Waals surface area (Å²) >= 11 is 0. The van der Waals surface area contributed by atoms with Gasteiger partial charge < -0.3 is 5.11 Å². The molecule has 1 aliphatic carbocycles. The maximum Gasteiger partial charge on any atom is 0.189 e. The van der Waals surface area contributed by atoms with E-state index < -0.39 is 5.78 Å². The lowest BCUT2D eigenvalue weighted by atomic mass is 9.96. The standard InChI is InChI=1S/C14H12O4/c1-2-3-12(16)10-6-9-8(4-5-13(9)17)11(7-15)14(10)18/h2-3,6-7,18H,4-5H2,1H3. The minimum absolute atomic E-state index is 0.00389. The molecule has 0 bridgehead atoms. The molecule has 0 spiro atoms. The number of allylic oxidation sites excluding steroid dienone is 2. The molecule has 92 valence electrons. The number of aromatic hydroxyl groups is 1. The number of rotatable bonds is 3. The molecule has 0 aliphatic heterocycles. The number of carbonyl (C=O) groups excluding carboxylic acids is 3. The Hall–Kier alpha value is -2.23. The van der Waals surface area contributed by atoms with Crippen LogP contribution < -0.4 is 0 Å². The van der Waals surface area contributed by atoms with Gasteiger partial charge in [-0.1, -0.05) is 6.08 Å². The summed E-state index contributed by atoms with van der Waals surface area (Å²) in [5, 5.41) is 9.94. The molecule has 0 saturated carbocycles. The van der Waals surface area contributed by atoms with Crippen LogP contribution in [0.4, 0.5) is 0 Å². The van der Waals surface area contributed by atoms with Crippen LogP contribution in [0, 0.1) is 0 Å². The van der Waals surface area contributed by atoms with Crippen molar-refractivity contribution in [2.75, 3.05) is 0 Å². The second-order valence-electron chi connectivity index (χ2n) is 4.12. The molecule has 18 heavy (non-hydrogen) atoms. The van der Waals surface area contributed by atoms with Gasteiger partial charge in [-0.05, 0) is 31.1 Å². The molecule has 4 nitrogen and oxygen atoms in total. The predicted octanol–water partition coefficient (Wildman–Crippen LogP) is 2.09. The smallest absolute Gasteiger partial charge is 0.189 e. The van der Waals surface area contributed by atoms with Gasteiger partial charge in [0.25, 0.3) is 0 Å². The molecular weight excluding hydrogens is 232 g/mol. The predicted molar refractivity (Wildman–Crippen MR) is 65.3 cm³/mol. The van der Waals surface area contributed by atoms with E-state index >= 15 is 0 Å². The van der Waals surface area contributed by atoms with Crippen LogP contribution in [0.5, 0.6) is 5.75 Å². The van der Waals surface area contributed by atoms with E-state index in [0.29, 0.717) is 30.3 Å². The summed E-state index contributed by atoms with van der Waals surface area (Å²) in [4.78, 5) is 34.4. The van der Waals surface area contributed by atoms with Crippen molar-refractivity contribution in [2.24, 2.45) is 0 Å². The van der Waals surface area contributed by atoms with Crippen LogP contribution in [-0.2, 0) is 6.42 Å². The molecule has 1 aromatic rings. The first-order valence-electron chi connectivity index (χ1n) is 5.64. The van der Waals surface area contributed by atoms with Gasteiger partial charge in [0.15, 0.2) is 17.9 Å². The van der Waals surface area contributed by atoms with E-state index in [9.17, 15) is 19.5 Å². The van der Waals surface area contributed by atoms with Gasteiger partial charge in [-0.15, -0.1) is 0 Å². The Kier molecular flexibility index (Phi) is 3.10. The molecule has 2 rings (SSSR count). The molecule has 0 unspecified atom stereocenters. The van der Waals surface area contributed by atoms with Gasteiger partial charge >= 0.3 is 0 Å². The lowest BCUT2D eigenvalue weighted by Crippen LogP contribution is -2.03. The molecule has 0 heterocycles. The van der Waals surface area contributed by atoms with Crippen molar-refractivity contribution in [2.45, 2.75) is 19.8 Å². The first-order valence-corrected chi connectivity index (χ1v) is 5.64. The Bertz CT molecular complexity index is 582. The van der Waals surface area contributed by atoms with Crippen LogP contribution in [0.15, 0.2) is 18.2 Å². The lowest BCUT2D eigenvalue weighted by molar-refractivity contribution is 0.0994. The number of Topliss-reactive ketones (excluding diaryl/α,β-unsaturated/α-hetero) is 1. The first-order chi connectivity index (χ1) is 8.60. The minimum atomic E-state index is -0.416. The van der Waals surface area contributed by atoms with Crippen LogP contribution >= 0.6 is 0 Å². The SMILES string of the molecule is CC=CC(=O)c1cc2c(c(C=O)c1O)CCC2=O. The molecule has 1 aliphatic rings. The van der Waals surface area contributed by atoms with Crippen molar-refractivity contribution in [3.63, 3.8) is 0 Å². The Morgan fingerprint density at radius 2 is 2.11 bits per heavy atom. The van der Waals surface area contributed by atoms with Gasteiger partial charge in [0.2, 0.25) is 0 Å². The zero-order valence-electron chi connectivity index (χ0n) is 9.90. The molecule has 0 radical (unpaired) electrons. The van der Waals surface area contributed by atoms with Crippen molar-refractivity contribution in [1.29, 1.82) is 0 Å². The van der Waals surface area contributed by atoms with Gasteiger partial charge in [0.1, 0.15) is 5.75 Å². The van der Waals surface area contributed by atoms with E-state index in [-0.39, 0.29) is 22.7 Å². The van der Waals surface area contributed by atoms with E-state index in [2.05, 4.69) is 0 Å². The number of hydrogen-bond donors (Lipinski definition) is 1. The normalized spacial score (nSPS) is 13.9. The summed E-state index contributed by atoms with van der Waals surface area (Å²) < 4.78 is 0. The van der Waals surface area contributed by atoms with E-state index in [1.165, 1.54) is 18.2 Å². The van der Waals surface area contributed by atoms with Crippen LogP contribution in [0.1, 0.15) is 50.0 Å². The second kappa shape index (κ2) is 4.56. The number of benzene rings is 1. The summed E-state index contributed by atoms with van der Waals surface area (Å²) in [5.74, 6) is -0.843. The Balaban J connectivity index is 2.70. The maximum absolute atomic E-state index is 11.8. The number of hydrogen-bond acceptors (Lipinski definition) is 4. The van der Waals surface area contributed by atoms with E-state index in [1.54, 1.807) is 6.92 Å². The van der Waals surface area contributed by atoms with Crippen LogP contribution in [0.25, 0.3) is 0 Å². The van der Waals surface area contributed by atoms with Crippen LogP contribution in [-0.4, -0.2) is 23.0 Å². The Morgan fingerprint density at radius 3 is 2.72 bits per heavy atom. The quantitative estimate of drug-likeness (QED) is 0.502. The summed E-state index contributed by atoms with van der Waals surface area (Å²) in [5.41, 5.74) is 0.989. The van der Waals surface area contributed by atoms with Crippen molar-refractivity contribution in [3.8, 4) is 5.75 Å². The topological polar surface area (TPSA) is 71.4 Å². The highest BCUT2D eigenvalue weighted by Gasteiger charge is 2.27. The number of fused-ring (bicyclic) bond motifs is 1. The highest BCUT2D eigenvalue weighted by molar-refractivity contribution is 6.12. The zero-order chi connectivity index (χ0) is 13.3. The third-order valence-electron chi connectivity index (χ3n) is 3.05.